The van der Waals surface area contributed by atoms with Crippen LogP contribution >= 0.6 is 0 Å². The minimum absolute atomic E-state index is 0.347. The first-order valence-electron chi connectivity index (χ1n) is 6.67. The summed E-state index contributed by atoms with van der Waals surface area (Å²) in [6, 6.07) is 0. The van der Waals surface area contributed by atoms with Gasteiger partial charge < -0.3 is 24.1 Å². The van der Waals surface area contributed by atoms with Crippen molar-refractivity contribution in [3.8, 4) is 12.3 Å². The summed E-state index contributed by atoms with van der Waals surface area (Å²) in [5.74, 6) is 0.697. The predicted molar refractivity (Wildman–Crippen MR) is 72.7 cm³/mol. The predicted octanol–water partition coefficient (Wildman–Crippen LogP) is 1.21. The third kappa shape index (κ3) is 2.90. The maximum Gasteiger partial charge on any atom is 0.164 e. The second-order valence-electron chi connectivity index (χ2n) is 5.98. The van der Waals surface area contributed by atoms with Crippen LogP contribution in [0, 0.1) is 12.3 Å². The lowest BCUT2D eigenvalue weighted by Crippen LogP contribution is -2.45. The number of hydrogen-bond acceptors (Lipinski definition) is 5. The molecule has 0 saturated carbocycles. The molecule has 1 N–H and O–H groups in total. The topological polar surface area (TPSA) is 57.2 Å². The first kappa shape index (κ1) is 15.5. The van der Waals surface area contributed by atoms with Gasteiger partial charge in [0.2, 0.25) is 0 Å². The highest BCUT2D eigenvalue weighted by Gasteiger charge is 2.54. The van der Waals surface area contributed by atoms with E-state index >= 15 is 0 Å². The monoisotopic (exact) mass is 282 g/mol. The SMILES string of the molecule is C#CC(O)[C@H]1OC(C)(C)O[C@H]1[C@@H]1OC(C)(C)O[C@H]1C=C. The number of aliphatic hydroxyl groups is 1. The Hall–Kier alpha value is -0.900. The summed E-state index contributed by atoms with van der Waals surface area (Å²) in [7, 11) is 0. The van der Waals surface area contributed by atoms with Gasteiger partial charge >= 0.3 is 0 Å². The fourth-order valence-electron chi connectivity index (χ4n) is 2.66. The molecular weight excluding hydrogens is 260 g/mol. The zero-order chi connectivity index (χ0) is 15.1. The minimum atomic E-state index is -1.07. The Kier molecular flexibility index (Phi) is 3.98. The van der Waals surface area contributed by atoms with Gasteiger partial charge in [-0.2, -0.15) is 0 Å². The molecule has 5 nitrogen and oxygen atoms in total. The third-order valence-corrected chi connectivity index (χ3v) is 3.37. The van der Waals surface area contributed by atoms with Gasteiger partial charge in [0.1, 0.15) is 30.5 Å². The van der Waals surface area contributed by atoms with Crippen molar-refractivity contribution in [1.29, 1.82) is 0 Å². The Bertz CT molecular complexity index is 422. The molecule has 0 aliphatic carbocycles. The third-order valence-electron chi connectivity index (χ3n) is 3.37. The van der Waals surface area contributed by atoms with Gasteiger partial charge in [-0.25, -0.2) is 0 Å². The lowest BCUT2D eigenvalue weighted by Gasteiger charge is -2.26. The molecule has 0 spiro atoms. The zero-order valence-corrected chi connectivity index (χ0v) is 12.3. The summed E-state index contributed by atoms with van der Waals surface area (Å²) < 4.78 is 23.2. The van der Waals surface area contributed by atoms with Crippen molar-refractivity contribution in [2.24, 2.45) is 0 Å². The molecule has 5 atom stereocenters. The Morgan fingerprint density at radius 2 is 1.65 bits per heavy atom. The summed E-state index contributed by atoms with van der Waals surface area (Å²) in [5, 5.41) is 9.95. The maximum absolute atomic E-state index is 9.95. The molecule has 0 aromatic heterocycles. The largest absolute Gasteiger partial charge is 0.378 e. The molecule has 2 saturated heterocycles. The summed E-state index contributed by atoms with van der Waals surface area (Å²) in [6.07, 6.45) is 3.91. The van der Waals surface area contributed by atoms with Crippen LogP contribution in [-0.4, -0.2) is 47.2 Å². The van der Waals surface area contributed by atoms with Crippen molar-refractivity contribution in [1.82, 2.24) is 0 Å². The van der Waals surface area contributed by atoms with Crippen molar-refractivity contribution in [2.75, 3.05) is 0 Å². The number of rotatable bonds is 3. The lowest BCUT2D eigenvalue weighted by atomic mass is 9.99. The Balaban J connectivity index is 2.25. The molecule has 2 fully saturated rings. The van der Waals surface area contributed by atoms with Crippen LogP contribution in [0.2, 0.25) is 0 Å². The van der Waals surface area contributed by atoms with Crippen LogP contribution in [0.5, 0.6) is 0 Å². The molecule has 0 radical (unpaired) electrons. The molecular formula is C15H22O5. The molecule has 0 amide bonds. The highest BCUT2D eigenvalue weighted by molar-refractivity contribution is 5.08. The molecule has 1 unspecified atom stereocenters. The summed E-state index contributed by atoms with van der Waals surface area (Å²) in [6.45, 7) is 10.9. The van der Waals surface area contributed by atoms with E-state index in [1.165, 1.54) is 0 Å². The number of terminal acetylenes is 1. The first-order valence-corrected chi connectivity index (χ1v) is 6.67. The van der Waals surface area contributed by atoms with E-state index in [0.717, 1.165) is 0 Å². The van der Waals surface area contributed by atoms with E-state index in [0.29, 0.717) is 0 Å². The van der Waals surface area contributed by atoms with Crippen molar-refractivity contribution in [3.05, 3.63) is 12.7 Å². The van der Waals surface area contributed by atoms with Crippen LogP contribution in [0.4, 0.5) is 0 Å². The zero-order valence-electron chi connectivity index (χ0n) is 12.3. The van der Waals surface area contributed by atoms with Crippen LogP contribution in [0.1, 0.15) is 27.7 Å². The molecule has 0 aromatic rings. The number of hydrogen-bond donors (Lipinski definition) is 1. The smallest absolute Gasteiger partial charge is 0.164 e. The fraction of sp³-hybridized carbons (Fsp3) is 0.733. The van der Waals surface area contributed by atoms with Gasteiger partial charge in [-0.15, -0.1) is 13.0 Å². The molecule has 2 aliphatic rings. The van der Waals surface area contributed by atoms with E-state index in [1.807, 2.05) is 13.8 Å². The minimum Gasteiger partial charge on any atom is -0.378 e. The van der Waals surface area contributed by atoms with Crippen molar-refractivity contribution in [2.45, 2.75) is 69.8 Å². The summed E-state index contributed by atoms with van der Waals surface area (Å²) in [5.41, 5.74) is 0. The molecule has 2 heterocycles. The van der Waals surface area contributed by atoms with Gasteiger partial charge in [-0.3, -0.25) is 0 Å². The van der Waals surface area contributed by atoms with Gasteiger partial charge in [-0.1, -0.05) is 12.0 Å². The van der Waals surface area contributed by atoms with Gasteiger partial charge in [-0.05, 0) is 27.7 Å². The Labute approximate surface area is 119 Å². The average Bonchev–Trinajstić information content (AvgIpc) is 2.84. The lowest BCUT2D eigenvalue weighted by molar-refractivity contribution is -0.175. The molecule has 5 heteroatoms. The van der Waals surface area contributed by atoms with Crippen LogP contribution in [0.15, 0.2) is 12.7 Å². The normalized spacial score (nSPS) is 40.2. The van der Waals surface area contributed by atoms with E-state index in [9.17, 15) is 5.11 Å². The number of ether oxygens (including phenoxy) is 4. The van der Waals surface area contributed by atoms with Crippen LogP contribution in [-0.2, 0) is 18.9 Å². The second-order valence-corrected chi connectivity index (χ2v) is 5.98. The highest BCUT2D eigenvalue weighted by Crippen LogP contribution is 2.39. The van der Waals surface area contributed by atoms with Crippen molar-refractivity contribution < 1.29 is 24.1 Å². The van der Waals surface area contributed by atoms with Gasteiger partial charge in [0.25, 0.3) is 0 Å². The van der Waals surface area contributed by atoms with Crippen LogP contribution < -0.4 is 0 Å². The average molecular weight is 282 g/mol. The molecule has 2 rings (SSSR count). The van der Waals surface area contributed by atoms with Gasteiger partial charge in [0.05, 0.1) is 0 Å². The van der Waals surface area contributed by atoms with Gasteiger partial charge in [0.15, 0.2) is 11.6 Å². The van der Waals surface area contributed by atoms with E-state index < -0.39 is 36.0 Å². The van der Waals surface area contributed by atoms with Crippen LogP contribution in [0.3, 0.4) is 0 Å². The number of aliphatic hydroxyl groups excluding tert-OH is 1. The fourth-order valence-corrected chi connectivity index (χ4v) is 2.66. The van der Waals surface area contributed by atoms with E-state index in [2.05, 4.69) is 12.5 Å². The first-order chi connectivity index (χ1) is 9.19. The Morgan fingerprint density at radius 1 is 1.10 bits per heavy atom. The molecule has 2 aliphatic heterocycles. The van der Waals surface area contributed by atoms with E-state index in [1.54, 1.807) is 19.9 Å². The van der Waals surface area contributed by atoms with Crippen molar-refractivity contribution in [3.63, 3.8) is 0 Å². The molecule has 0 bridgehead atoms. The molecule has 112 valence electrons. The highest BCUT2D eigenvalue weighted by atomic mass is 16.8. The standard InChI is InChI=1S/C15H22O5/c1-7-9(16)11-13(20-15(5,6)18-11)12-10(8-2)17-14(3,4)19-12/h1,8-13,16H,2H2,3-6H3/t9?,10-,11+,12+,13+/m0/s1. The van der Waals surface area contributed by atoms with Crippen molar-refractivity contribution >= 4 is 0 Å². The van der Waals surface area contributed by atoms with E-state index in [-0.39, 0.29) is 6.10 Å². The van der Waals surface area contributed by atoms with Gasteiger partial charge in [0, 0.05) is 0 Å². The maximum atomic E-state index is 9.95. The Morgan fingerprint density at radius 3 is 2.20 bits per heavy atom. The molecule has 0 aromatic carbocycles. The second kappa shape index (κ2) is 5.14. The molecule has 20 heavy (non-hydrogen) atoms. The van der Waals surface area contributed by atoms with Crippen LogP contribution in [0.25, 0.3) is 0 Å². The summed E-state index contributed by atoms with van der Waals surface area (Å²) >= 11 is 0. The quantitative estimate of drug-likeness (QED) is 0.623. The summed E-state index contributed by atoms with van der Waals surface area (Å²) in [4.78, 5) is 0. The van der Waals surface area contributed by atoms with E-state index in [4.69, 9.17) is 25.4 Å².